The predicted molar refractivity (Wildman–Crippen MR) is 162 cm³/mol. The molecule has 2 amide bonds. The molecule has 0 radical (unpaired) electrons. The van der Waals surface area contributed by atoms with Crippen molar-refractivity contribution in [1.29, 1.82) is 0 Å². The van der Waals surface area contributed by atoms with Crippen molar-refractivity contribution in [1.82, 2.24) is 24.8 Å². The van der Waals surface area contributed by atoms with Crippen molar-refractivity contribution in [3.63, 3.8) is 0 Å². The first-order chi connectivity index (χ1) is 21.4. The molecule has 7 rings (SSSR count). The molecule has 1 saturated carbocycles. The van der Waals surface area contributed by atoms with Crippen LogP contribution in [0.5, 0.6) is 5.75 Å². The molecule has 3 aromatic carbocycles. The number of amides is 2. The minimum atomic E-state index is -0.911. The van der Waals surface area contributed by atoms with Crippen LogP contribution in [0.15, 0.2) is 60.7 Å². The molecule has 226 valence electrons. The normalized spacial score (nSPS) is 21.3. The van der Waals surface area contributed by atoms with E-state index in [4.69, 9.17) is 4.74 Å². The van der Waals surface area contributed by atoms with Gasteiger partial charge in [0.2, 0.25) is 5.91 Å². The van der Waals surface area contributed by atoms with Crippen molar-refractivity contribution in [3.8, 4) is 5.75 Å². The van der Waals surface area contributed by atoms with Crippen LogP contribution in [-0.4, -0.2) is 60.8 Å². The highest BCUT2D eigenvalue weighted by molar-refractivity contribution is 5.98. The van der Waals surface area contributed by atoms with Gasteiger partial charge in [0.05, 0.1) is 23.4 Å². The third-order valence-electron chi connectivity index (χ3n) is 9.53. The van der Waals surface area contributed by atoms with Crippen LogP contribution < -0.4 is 4.74 Å². The molecule has 3 heterocycles. The number of ether oxygens (including phenoxy) is 1. The molecule has 1 N–H and O–H groups in total. The van der Waals surface area contributed by atoms with Crippen LogP contribution in [0.1, 0.15) is 64.3 Å². The second kappa shape index (κ2) is 11.4. The molecule has 44 heavy (non-hydrogen) atoms. The van der Waals surface area contributed by atoms with Gasteiger partial charge in [-0.15, -0.1) is 5.10 Å². The average molecular weight is 594 g/mol. The average Bonchev–Trinajstić information content (AvgIpc) is 3.57. The Morgan fingerprint density at radius 2 is 1.80 bits per heavy atom. The summed E-state index contributed by atoms with van der Waals surface area (Å²) in [6, 6.07) is 19.0. The van der Waals surface area contributed by atoms with Gasteiger partial charge in [0, 0.05) is 37.8 Å². The van der Waals surface area contributed by atoms with E-state index in [1.165, 1.54) is 0 Å². The van der Waals surface area contributed by atoms with Crippen molar-refractivity contribution in [3.05, 3.63) is 88.5 Å². The minimum Gasteiger partial charge on any atom is -0.489 e. The number of carbonyl (C=O) groups excluding carboxylic acids is 2. The number of carboxylic acids is 1. The highest BCUT2D eigenvalue weighted by Crippen LogP contribution is 2.41. The fourth-order valence-corrected chi connectivity index (χ4v) is 7.26. The number of rotatable bonds is 7. The predicted octanol–water partition coefficient (Wildman–Crippen LogP) is 4.52. The zero-order chi connectivity index (χ0) is 30.4. The summed E-state index contributed by atoms with van der Waals surface area (Å²) in [5.74, 6) is -1.73. The van der Waals surface area contributed by atoms with Gasteiger partial charge in [-0.25, -0.2) is 4.68 Å². The Hall–Kier alpha value is -4.73. The second-order valence-electron chi connectivity index (χ2n) is 12.1. The Balaban J connectivity index is 1.23. The number of aliphatic carboxylic acids is 1. The standard InChI is InChI=1S/C34H35N5O5/c1-37-28-14-13-21(17-27(28)35-36-37)20-44-30-12-6-8-22-15-16-39(33(41)25-10-4-5-11-26(25)34(42)43)29(31(22)30)19-38-18-23-7-2-3-9-24(23)32(38)40/h2-3,6-9,12-14,17,25-26,29H,4-5,10-11,15-16,18-20H2,1H3,(H,42,43)/t25?,26?,29-/m1/s1. The maximum absolute atomic E-state index is 14.3. The van der Waals surface area contributed by atoms with E-state index in [2.05, 4.69) is 16.4 Å². The highest BCUT2D eigenvalue weighted by Gasteiger charge is 2.43. The Morgan fingerprint density at radius 1 is 1.00 bits per heavy atom. The van der Waals surface area contributed by atoms with E-state index in [0.29, 0.717) is 56.8 Å². The first-order valence-electron chi connectivity index (χ1n) is 15.3. The zero-order valence-electron chi connectivity index (χ0n) is 24.7. The lowest BCUT2D eigenvalue weighted by Crippen LogP contribution is -2.49. The Bertz CT molecular complexity index is 1770. The summed E-state index contributed by atoms with van der Waals surface area (Å²) in [5.41, 5.74) is 6.26. The quantitative estimate of drug-likeness (QED) is 0.335. The van der Waals surface area contributed by atoms with E-state index in [0.717, 1.165) is 46.1 Å². The number of aromatic nitrogens is 3. The van der Waals surface area contributed by atoms with Crippen molar-refractivity contribution < 1.29 is 24.2 Å². The lowest BCUT2D eigenvalue weighted by atomic mass is 9.77. The second-order valence-corrected chi connectivity index (χ2v) is 12.1. The molecule has 3 aliphatic rings. The fourth-order valence-electron chi connectivity index (χ4n) is 7.26. The van der Waals surface area contributed by atoms with Crippen LogP contribution in [0, 0.1) is 11.8 Å². The fraction of sp³-hybridized carbons (Fsp3) is 0.382. The van der Waals surface area contributed by atoms with E-state index in [1.54, 1.807) is 9.58 Å². The first-order valence-corrected chi connectivity index (χ1v) is 15.3. The Labute approximate surface area is 255 Å². The summed E-state index contributed by atoms with van der Waals surface area (Å²) in [5, 5.41) is 18.3. The van der Waals surface area contributed by atoms with Crippen LogP contribution in [0.4, 0.5) is 0 Å². The van der Waals surface area contributed by atoms with E-state index >= 15 is 0 Å². The molecule has 1 aromatic heterocycles. The Morgan fingerprint density at radius 3 is 2.61 bits per heavy atom. The van der Waals surface area contributed by atoms with Gasteiger partial charge >= 0.3 is 5.97 Å². The van der Waals surface area contributed by atoms with Crippen molar-refractivity contribution in [2.24, 2.45) is 18.9 Å². The molecule has 10 heteroatoms. The van der Waals surface area contributed by atoms with Gasteiger partial charge < -0.3 is 19.6 Å². The van der Waals surface area contributed by atoms with Gasteiger partial charge in [0.25, 0.3) is 5.91 Å². The maximum atomic E-state index is 14.3. The van der Waals surface area contributed by atoms with Gasteiger partial charge in [0.1, 0.15) is 17.9 Å². The summed E-state index contributed by atoms with van der Waals surface area (Å²) in [7, 11) is 1.85. The number of fused-ring (bicyclic) bond motifs is 3. The van der Waals surface area contributed by atoms with E-state index in [9.17, 15) is 19.5 Å². The number of aryl methyl sites for hydroxylation is 1. The van der Waals surface area contributed by atoms with Crippen LogP contribution in [0.2, 0.25) is 0 Å². The molecule has 0 spiro atoms. The molecule has 2 aliphatic heterocycles. The SMILES string of the molecule is Cn1nnc2cc(COc3cccc4c3[C@@H](CN3Cc5ccccc5C3=O)N(C(=O)C3CCCCC3C(=O)O)CC4)ccc21. The van der Waals surface area contributed by atoms with Gasteiger partial charge in [0.15, 0.2) is 0 Å². The third-order valence-corrected chi connectivity index (χ3v) is 9.53. The monoisotopic (exact) mass is 593 g/mol. The molecule has 1 fully saturated rings. The molecular formula is C34H35N5O5. The number of nitrogens with zero attached hydrogens (tertiary/aromatic N) is 5. The van der Waals surface area contributed by atoms with Gasteiger partial charge in [-0.1, -0.05) is 54.5 Å². The summed E-state index contributed by atoms with van der Waals surface area (Å²) in [6.07, 6.45) is 3.33. The van der Waals surface area contributed by atoms with E-state index in [-0.39, 0.29) is 11.8 Å². The molecular weight excluding hydrogens is 558 g/mol. The zero-order valence-corrected chi connectivity index (χ0v) is 24.7. The number of hydrogen-bond donors (Lipinski definition) is 1. The van der Waals surface area contributed by atoms with Gasteiger partial charge in [-0.05, 0) is 60.2 Å². The van der Waals surface area contributed by atoms with E-state index in [1.807, 2.05) is 66.5 Å². The molecule has 0 bridgehead atoms. The summed E-state index contributed by atoms with van der Waals surface area (Å²) in [6.45, 7) is 1.51. The van der Waals surface area contributed by atoms with Crippen LogP contribution in [0.25, 0.3) is 11.0 Å². The molecule has 4 aromatic rings. The van der Waals surface area contributed by atoms with E-state index < -0.39 is 23.8 Å². The molecule has 0 saturated heterocycles. The molecule has 3 atom stereocenters. The smallest absolute Gasteiger partial charge is 0.307 e. The third kappa shape index (κ3) is 4.98. The lowest BCUT2D eigenvalue weighted by molar-refractivity contribution is -0.153. The molecule has 10 nitrogen and oxygen atoms in total. The van der Waals surface area contributed by atoms with Gasteiger partial charge in [-0.2, -0.15) is 0 Å². The summed E-state index contributed by atoms with van der Waals surface area (Å²) in [4.78, 5) is 43.6. The van der Waals surface area contributed by atoms with Crippen LogP contribution in [0.3, 0.4) is 0 Å². The molecule has 1 aliphatic carbocycles. The van der Waals surface area contributed by atoms with Crippen LogP contribution in [-0.2, 0) is 36.2 Å². The lowest BCUT2D eigenvalue weighted by Gasteiger charge is -2.42. The van der Waals surface area contributed by atoms with Crippen molar-refractivity contribution >= 4 is 28.8 Å². The maximum Gasteiger partial charge on any atom is 0.307 e. The Kier molecular flexibility index (Phi) is 7.27. The number of hydrogen-bond acceptors (Lipinski definition) is 6. The minimum absolute atomic E-state index is 0.0585. The topological polar surface area (TPSA) is 118 Å². The number of carboxylic acid groups (broad SMARTS) is 1. The highest BCUT2D eigenvalue weighted by atomic mass is 16.5. The van der Waals surface area contributed by atoms with Crippen molar-refractivity contribution in [2.75, 3.05) is 13.1 Å². The first kappa shape index (κ1) is 28.1. The van der Waals surface area contributed by atoms with Crippen LogP contribution >= 0.6 is 0 Å². The molecule has 2 unspecified atom stereocenters. The summed E-state index contributed by atoms with van der Waals surface area (Å²) < 4.78 is 8.20. The largest absolute Gasteiger partial charge is 0.489 e. The number of carbonyl (C=O) groups is 3. The summed E-state index contributed by atoms with van der Waals surface area (Å²) >= 11 is 0. The number of benzene rings is 3. The van der Waals surface area contributed by atoms with Crippen molar-refractivity contribution in [2.45, 2.75) is 51.3 Å². The van der Waals surface area contributed by atoms with Gasteiger partial charge in [-0.3, -0.25) is 14.4 Å².